The molecule has 4 rings (SSSR count). The first kappa shape index (κ1) is 37.5. The van der Waals surface area contributed by atoms with E-state index >= 15 is 0 Å². The average molecular weight is 683 g/mol. The molecule has 262 valence electrons. The highest BCUT2D eigenvalue weighted by Crippen LogP contribution is 2.32. The number of carboxylic acid groups (broad SMARTS) is 2. The van der Waals surface area contributed by atoms with Gasteiger partial charge in [0.25, 0.3) is 0 Å². The van der Waals surface area contributed by atoms with Crippen molar-refractivity contribution in [3.63, 3.8) is 0 Å². The monoisotopic (exact) mass is 682 g/mol. The van der Waals surface area contributed by atoms with Gasteiger partial charge in [0.2, 0.25) is 0 Å². The van der Waals surface area contributed by atoms with E-state index in [2.05, 4.69) is 6.58 Å². The Labute approximate surface area is 272 Å². The van der Waals surface area contributed by atoms with Crippen molar-refractivity contribution in [1.82, 2.24) is 0 Å². The number of rotatable bonds is 13. The fourth-order valence-corrected chi connectivity index (χ4v) is 4.77. The number of aliphatic hydroxyl groups is 1. The molecule has 48 heavy (non-hydrogen) atoms. The number of carbonyl (C=O) groups is 7. The third kappa shape index (κ3) is 11.7. The van der Waals surface area contributed by atoms with E-state index in [1.807, 2.05) is 0 Å². The van der Waals surface area contributed by atoms with Crippen molar-refractivity contribution in [2.75, 3.05) is 26.4 Å². The molecule has 0 aliphatic carbocycles. The Kier molecular flexibility index (Phi) is 14.0. The summed E-state index contributed by atoms with van der Waals surface area (Å²) in [7, 11) is 0. The molecule has 0 saturated carbocycles. The number of ether oxygens (including phenoxy) is 8. The zero-order chi connectivity index (χ0) is 35.4. The number of allylic oxidation sites excluding steroid dienone is 2. The van der Waals surface area contributed by atoms with E-state index in [1.54, 1.807) is 0 Å². The summed E-state index contributed by atoms with van der Waals surface area (Å²) in [6.07, 6.45) is 0.0142. The van der Waals surface area contributed by atoms with Crippen LogP contribution in [0, 0.1) is 0 Å². The van der Waals surface area contributed by atoms with Gasteiger partial charge in [-0.25, -0.2) is 24.0 Å². The van der Waals surface area contributed by atoms with Crippen molar-refractivity contribution in [3.8, 4) is 0 Å². The maximum absolute atomic E-state index is 11.7. The van der Waals surface area contributed by atoms with Gasteiger partial charge in [0.15, 0.2) is 30.2 Å². The Morgan fingerprint density at radius 1 is 0.562 bits per heavy atom. The normalized spacial score (nSPS) is 28.7. The van der Waals surface area contributed by atoms with Crippen LogP contribution in [0.15, 0.2) is 48.8 Å². The summed E-state index contributed by atoms with van der Waals surface area (Å²) in [5.74, 6) is -5.80. The largest absolute Gasteiger partial charge is 0.513 e. The molecule has 4 fully saturated rings. The fourth-order valence-electron chi connectivity index (χ4n) is 4.77. The Hall–Kier alpha value is -4.91. The summed E-state index contributed by atoms with van der Waals surface area (Å²) in [5.41, 5.74) is 0. The first-order valence-corrected chi connectivity index (χ1v) is 14.4. The lowest BCUT2D eigenvalue weighted by molar-refractivity contribution is -0.154. The van der Waals surface area contributed by atoms with Gasteiger partial charge in [-0.15, -0.1) is 0 Å². The zero-order valence-electron chi connectivity index (χ0n) is 25.5. The number of aliphatic carboxylic acids is 2. The van der Waals surface area contributed by atoms with Crippen LogP contribution in [0.3, 0.4) is 0 Å². The van der Waals surface area contributed by atoms with Crippen molar-refractivity contribution in [3.05, 3.63) is 48.8 Å². The van der Waals surface area contributed by atoms with Crippen LogP contribution in [-0.4, -0.2) is 132 Å². The summed E-state index contributed by atoms with van der Waals surface area (Å²) in [4.78, 5) is 77.7. The van der Waals surface area contributed by atoms with Gasteiger partial charge in [-0.2, -0.15) is 0 Å². The smallest absolute Gasteiger partial charge is 0.331 e. The summed E-state index contributed by atoms with van der Waals surface area (Å²) in [5, 5.41) is 25.9. The van der Waals surface area contributed by atoms with E-state index in [4.69, 9.17) is 53.2 Å². The van der Waals surface area contributed by atoms with Crippen molar-refractivity contribution >= 4 is 41.6 Å². The molecular weight excluding hydrogens is 648 g/mol. The van der Waals surface area contributed by atoms with E-state index in [0.29, 0.717) is 12.2 Å². The van der Waals surface area contributed by atoms with E-state index in [9.17, 15) is 33.6 Å². The number of fused-ring (bicyclic) bond motifs is 2. The molecule has 0 spiro atoms. The van der Waals surface area contributed by atoms with Gasteiger partial charge in [-0.3, -0.25) is 9.59 Å². The van der Waals surface area contributed by atoms with Gasteiger partial charge in [0.05, 0.1) is 38.6 Å². The summed E-state index contributed by atoms with van der Waals surface area (Å²) in [6.45, 7) is 4.85. The SMILES string of the molecule is C=C(O)CCC(=O)O[C@H]1CO[C@H]2[C@@H]1OC[C@@H]2OC(=O)/C=C/C(=O)O.CC(=O)/C=C/C(=O)O[C@H]1CO[C@H]2[C@@H]1OC[C@@H]2OC(=O)/C=C/C(=O)O. The molecule has 18 nitrogen and oxygen atoms in total. The maximum atomic E-state index is 11.7. The highest BCUT2D eigenvalue weighted by atomic mass is 16.7. The first-order valence-electron chi connectivity index (χ1n) is 14.4. The maximum Gasteiger partial charge on any atom is 0.331 e. The number of esters is 4. The Balaban J connectivity index is 0.000000260. The predicted molar refractivity (Wildman–Crippen MR) is 153 cm³/mol. The molecule has 3 N–H and O–H groups in total. The highest BCUT2D eigenvalue weighted by Gasteiger charge is 2.52. The molecule has 0 bridgehead atoms. The van der Waals surface area contributed by atoms with Crippen LogP contribution >= 0.6 is 0 Å². The molecule has 4 saturated heterocycles. The van der Waals surface area contributed by atoms with Gasteiger partial charge in [0.1, 0.15) is 24.4 Å². The van der Waals surface area contributed by atoms with Crippen LogP contribution < -0.4 is 0 Å². The third-order valence-corrected chi connectivity index (χ3v) is 6.81. The fraction of sp³-hybridized carbons (Fsp3) is 0.500. The molecule has 0 aromatic heterocycles. The van der Waals surface area contributed by atoms with Crippen LogP contribution in [0.25, 0.3) is 0 Å². The molecule has 4 heterocycles. The molecule has 0 aromatic rings. The summed E-state index contributed by atoms with van der Waals surface area (Å²) < 4.78 is 42.4. The van der Waals surface area contributed by atoms with E-state index in [0.717, 1.165) is 24.3 Å². The summed E-state index contributed by atoms with van der Waals surface area (Å²) >= 11 is 0. The van der Waals surface area contributed by atoms with Crippen LogP contribution in [-0.2, 0) is 71.5 Å². The zero-order valence-corrected chi connectivity index (χ0v) is 25.5. The molecular formula is C30H34O18. The molecule has 4 aliphatic heterocycles. The second-order valence-electron chi connectivity index (χ2n) is 10.5. The second kappa shape index (κ2) is 17.9. The highest BCUT2D eigenvalue weighted by molar-refractivity contribution is 5.94. The Bertz CT molecular complexity index is 1290. The minimum atomic E-state index is -1.27. The van der Waals surface area contributed by atoms with E-state index in [-0.39, 0.29) is 50.8 Å². The lowest BCUT2D eigenvalue weighted by atomic mass is 10.1. The third-order valence-electron chi connectivity index (χ3n) is 6.81. The van der Waals surface area contributed by atoms with Gasteiger partial charge < -0.3 is 53.2 Å². The lowest BCUT2D eigenvalue weighted by Gasteiger charge is -2.17. The second-order valence-corrected chi connectivity index (χ2v) is 10.5. The quantitative estimate of drug-likeness (QED) is 0.0957. The first-order chi connectivity index (χ1) is 22.7. The van der Waals surface area contributed by atoms with Crippen molar-refractivity contribution in [2.45, 2.75) is 68.6 Å². The molecule has 8 atom stereocenters. The molecule has 4 aliphatic rings. The number of ketones is 1. The van der Waals surface area contributed by atoms with Crippen LogP contribution in [0.5, 0.6) is 0 Å². The predicted octanol–water partition coefficient (Wildman–Crippen LogP) is -0.506. The average Bonchev–Trinajstić information content (AvgIpc) is 3.79. The Morgan fingerprint density at radius 3 is 1.21 bits per heavy atom. The molecule has 0 aromatic carbocycles. The number of hydrogen-bond acceptors (Lipinski definition) is 16. The number of hydrogen-bond donors (Lipinski definition) is 3. The number of aliphatic hydroxyl groups excluding tert-OH is 1. The van der Waals surface area contributed by atoms with Crippen LogP contribution in [0.2, 0.25) is 0 Å². The van der Waals surface area contributed by atoms with Crippen LogP contribution in [0.1, 0.15) is 19.8 Å². The molecule has 0 amide bonds. The van der Waals surface area contributed by atoms with Gasteiger partial charge in [0, 0.05) is 36.8 Å². The minimum absolute atomic E-state index is 0.0123. The molecule has 0 unspecified atom stereocenters. The minimum Gasteiger partial charge on any atom is -0.513 e. The van der Waals surface area contributed by atoms with Gasteiger partial charge in [-0.05, 0) is 13.0 Å². The number of carbonyl (C=O) groups excluding carboxylic acids is 5. The standard InChI is InChI=1S/C15H18O9.C15H16O9/c2*1-8(16)2-4-12(19)23-9-6-21-15-10(7-22-14(9)15)24-13(20)5-3-11(17)18/h3,5,9-10,14-16H,1-2,4,6-7H2,(H,17,18);2-5,9-10,14-15H,6-7H2,1H3,(H,17,18)/b5-3+;4-2+,5-3+/t2*9-,10-,14+,15+/m00/s1. The van der Waals surface area contributed by atoms with Gasteiger partial charge >= 0.3 is 35.8 Å². The van der Waals surface area contributed by atoms with Gasteiger partial charge in [-0.1, -0.05) is 6.58 Å². The Morgan fingerprint density at radius 2 is 0.896 bits per heavy atom. The lowest BCUT2D eigenvalue weighted by Crippen LogP contribution is -2.35. The van der Waals surface area contributed by atoms with Crippen LogP contribution in [0.4, 0.5) is 0 Å². The van der Waals surface area contributed by atoms with E-state index < -0.39 is 84.6 Å². The van der Waals surface area contributed by atoms with E-state index in [1.165, 1.54) is 6.92 Å². The molecule has 0 radical (unpaired) electrons. The molecule has 18 heteroatoms. The van der Waals surface area contributed by atoms with Crippen molar-refractivity contribution in [1.29, 1.82) is 0 Å². The van der Waals surface area contributed by atoms with Crippen molar-refractivity contribution in [2.24, 2.45) is 0 Å². The topological polar surface area (TPSA) is 254 Å². The van der Waals surface area contributed by atoms with Crippen molar-refractivity contribution < 1.29 is 86.8 Å². The number of carboxylic acids is 2. The summed E-state index contributed by atoms with van der Waals surface area (Å²) in [6, 6.07) is 0.